The number of amides is 1. The highest BCUT2D eigenvalue weighted by Gasteiger charge is 2.42. The minimum Gasteiger partial charge on any atom is -0.384 e. The van der Waals surface area contributed by atoms with Crippen molar-refractivity contribution in [2.24, 2.45) is 5.73 Å². The third kappa shape index (κ3) is 3.75. The lowest BCUT2D eigenvalue weighted by Gasteiger charge is -2.32. The molecule has 0 aliphatic heterocycles. The summed E-state index contributed by atoms with van der Waals surface area (Å²) in [6.07, 6.45) is 2.23. The van der Waals surface area contributed by atoms with Gasteiger partial charge in [-0.3, -0.25) is 10.1 Å². The maximum atomic E-state index is 12.2. The van der Waals surface area contributed by atoms with Crippen molar-refractivity contribution in [3.8, 4) is 0 Å². The number of nitrogens with one attached hydrogen (secondary N) is 1. The lowest BCUT2D eigenvalue weighted by atomic mass is 9.91. The molecule has 1 aromatic carbocycles. The first-order valence-electron chi connectivity index (χ1n) is 6.89. The van der Waals surface area contributed by atoms with E-state index in [1.807, 2.05) is 30.3 Å². The number of carbonyl (C=O) groups excluding carboxylic acids is 1. The number of hydrogen-bond acceptors (Lipinski definition) is 4. The van der Waals surface area contributed by atoms with Crippen molar-refractivity contribution in [3.05, 3.63) is 35.9 Å². The van der Waals surface area contributed by atoms with E-state index in [4.69, 9.17) is 10.5 Å². The Kier molecular flexibility index (Phi) is 5.46. The van der Waals surface area contributed by atoms with Crippen molar-refractivity contribution < 1.29 is 9.53 Å². The van der Waals surface area contributed by atoms with Gasteiger partial charge in [-0.05, 0) is 18.4 Å². The molecule has 2 rings (SSSR count). The average Bonchev–Trinajstić information content (AvgIpc) is 3.27. The van der Waals surface area contributed by atoms with Crippen LogP contribution in [0.4, 0.5) is 0 Å². The van der Waals surface area contributed by atoms with Crippen molar-refractivity contribution in [3.63, 3.8) is 0 Å². The summed E-state index contributed by atoms with van der Waals surface area (Å²) in [5.41, 5.74) is 5.92. The van der Waals surface area contributed by atoms with E-state index < -0.39 is 5.54 Å². The van der Waals surface area contributed by atoms with E-state index in [1.165, 1.54) is 0 Å². The molecule has 1 fully saturated rings. The second-order valence-electron chi connectivity index (χ2n) is 5.10. The Morgan fingerprint density at radius 3 is 2.70 bits per heavy atom. The van der Waals surface area contributed by atoms with Crippen molar-refractivity contribution in [2.75, 3.05) is 25.2 Å². The number of hydrogen-bond donors (Lipinski definition) is 2. The molecule has 1 aliphatic carbocycles. The molecule has 0 radical (unpaired) electrons. The number of ether oxygens (including phenoxy) is 1. The second-order valence-corrected chi connectivity index (χ2v) is 6.20. The zero-order valence-electron chi connectivity index (χ0n) is 11.8. The van der Waals surface area contributed by atoms with Crippen LogP contribution in [-0.4, -0.2) is 37.2 Å². The first kappa shape index (κ1) is 15.4. The minimum atomic E-state index is -0.777. The number of rotatable bonds is 9. The van der Waals surface area contributed by atoms with Gasteiger partial charge in [0.25, 0.3) is 0 Å². The number of methoxy groups -OCH3 is 1. The average molecular weight is 294 g/mol. The minimum absolute atomic E-state index is 0.305. The summed E-state index contributed by atoms with van der Waals surface area (Å²) in [5.74, 6) is 1.18. The number of primary amides is 1. The first-order chi connectivity index (χ1) is 9.69. The lowest BCUT2D eigenvalue weighted by molar-refractivity contribution is -0.124. The van der Waals surface area contributed by atoms with Gasteiger partial charge in [-0.15, -0.1) is 0 Å². The molecule has 1 aliphatic rings. The fraction of sp³-hybridized carbons (Fsp3) is 0.533. The van der Waals surface area contributed by atoms with Gasteiger partial charge < -0.3 is 10.5 Å². The fourth-order valence-corrected chi connectivity index (χ4v) is 3.29. The molecule has 1 aromatic rings. The molecule has 1 saturated carbocycles. The molecule has 20 heavy (non-hydrogen) atoms. The van der Waals surface area contributed by atoms with Crippen LogP contribution >= 0.6 is 11.8 Å². The molecule has 0 heterocycles. The molecule has 0 bridgehead atoms. The van der Waals surface area contributed by atoms with E-state index in [9.17, 15) is 4.79 Å². The van der Waals surface area contributed by atoms with Gasteiger partial charge in [0.2, 0.25) is 5.91 Å². The van der Waals surface area contributed by atoms with E-state index in [0.717, 1.165) is 24.2 Å². The summed E-state index contributed by atoms with van der Waals surface area (Å²) in [4.78, 5) is 12.2. The third-order valence-corrected chi connectivity index (χ3v) is 4.56. The van der Waals surface area contributed by atoms with Gasteiger partial charge >= 0.3 is 0 Å². The normalized spacial score (nSPS) is 17.6. The van der Waals surface area contributed by atoms with Crippen LogP contribution in [0.5, 0.6) is 0 Å². The van der Waals surface area contributed by atoms with Crippen molar-refractivity contribution >= 4 is 17.7 Å². The maximum Gasteiger partial charge on any atom is 0.243 e. The number of benzene rings is 1. The predicted molar refractivity (Wildman–Crippen MR) is 82.7 cm³/mol. The van der Waals surface area contributed by atoms with Crippen molar-refractivity contribution in [1.82, 2.24) is 5.32 Å². The van der Waals surface area contributed by atoms with E-state index in [1.54, 1.807) is 18.9 Å². The molecule has 0 spiro atoms. The van der Waals surface area contributed by atoms with Crippen molar-refractivity contribution in [2.45, 2.75) is 24.4 Å². The van der Waals surface area contributed by atoms with Gasteiger partial charge in [0.15, 0.2) is 0 Å². The fourth-order valence-electron chi connectivity index (χ4n) is 2.16. The van der Waals surface area contributed by atoms with Crippen LogP contribution in [0.3, 0.4) is 0 Å². The maximum absolute atomic E-state index is 12.2. The highest BCUT2D eigenvalue weighted by atomic mass is 32.2. The monoisotopic (exact) mass is 294 g/mol. The van der Waals surface area contributed by atoms with Crippen molar-refractivity contribution in [1.29, 1.82) is 0 Å². The van der Waals surface area contributed by atoms with Gasteiger partial charge in [-0.25, -0.2) is 0 Å². The summed E-state index contributed by atoms with van der Waals surface area (Å²) in [5, 5.41) is 3.46. The Hall–Kier alpha value is -1.04. The summed E-state index contributed by atoms with van der Waals surface area (Å²) >= 11 is 1.69. The van der Waals surface area contributed by atoms with Gasteiger partial charge in [0.05, 0.1) is 6.61 Å². The molecule has 1 atom stereocenters. The number of nitrogens with two attached hydrogens (primary N) is 1. The third-order valence-electron chi connectivity index (χ3n) is 3.47. The van der Waals surface area contributed by atoms with Crippen LogP contribution < -0.4 is 11.1 Å². The summed E-state index contributed by atoms with van der Waals surface area (Å²) in [6.45, 7) is 0.678. The Balaban J connectivity index is 2.17. The molecule has 5 heteroatoms. The van der Waals surface area contributed by atoms with Crippen LogP contribution in [0.25, 0.3) is 0 Å². The van der Waals surface area contributed by atoms with E-state index in [2.05, 4.69) is 5.32 Å². The Morgan fingerprint density at radius 1 is 1.45 bits per heavy atom. The van der Waals surface area contributed by atoms with E-state index in [0.29, 0.717) is 18.4 Å². The Morgan fingerprint density at radius 2 is 2.15 bits per heavy atom. The molecule has 110 valence electrons. The Labute approximate surface area is 124 Å². The molecular formula is C15H22N2O2S. The molecule has 0 saturated heterocycles. The smallest absolute Gasteiger partial charge is 0.243 e. The largest absolute Gasteiger partial charge is 0.384 e. The highest BCUT2D eigenvalue weighted by Crippen LogP contribution is 2.31. The quantitative estimate of drug-likeness (QED) is 0.678. The highest BCUT2D eigenvalue weighted by molar-refractivity contribution is 7.99. The zero-order valence-corrected chi connectivity index (χ0v) is 12.6. The molecule has 4 nitrogen and oxygen atoms in total. The first-order valence-corrected chi connectivity index (χ1v) is 8.04. The van der Waals surface area contributed by atoms with Crippen LogP contribution in [-0.2, 0) is 15.1 Å². The standard InChI is InChI=1S/C15H22N2O2S/c1-19-9-10-20-11-15(14(16)18,17-13-7-8-13)12-5-3-2-4-6-12/h2-6,13,17H,7-11H2,1H3,(H2,16,18). The van der Waals surface area contributed by atoms with Gasteiger partial charge in [0.1, 0.15) is 5.54 Å². The summed E-state index contributed by atoms with van der Waals surface area (Å²) in [6, 6.07) is 10.2. The molecular weight excluding hydrogens is 272 g/mol. The number of carbonyl (C=O) groups is 1. The molecule has 1 unspecified atom stereocenters. The van der Waals surface area contributed by atoms with Gasteiger partial charge in [-0.1, -0.05) is 30.3 Å². The van der Waals surface area contributed by atoms with Crippen LogP contribution in [0.15, 0.2) is 30.3 Å². The zero-order chi connectivity index (χ0) is 14.4. The van der Waals surface area contributed by atoms with Gasteiger partial charge in [-0.2, -0.15) is 11.8 Å². The van der Waals surface area contributed by atoms with Crippen LogP contribution in [0.1, 0.15) is 18.4 Å². The summed E-state index contributed by atoms with van der Waals surface area (Å²) < 4.78 is 5.06. The topological polar surface area (TPSA) is 64.3 Å². The van der Waals surface area contributed by atoms with E-state index >= 15 is 0 Å². The van der Waals surface area contributed by atoms with Crippen LogP contribution in [0, 0.1) is 0 Å². The lowest BCUT2D eigenvalue weighted by Crippen LogP contribution is -2.55. The Bertz CT molecular complexity index is 437. The molecule has 1 amide bonds. The second kappa shape index (κ2) is 7.11. The van der Waals surface area contributed by atoms with Gasteiger partial charge in [0, 0.05) is 24.7 Å². The summed E-state index contributed by atoms with van der Waals surface area (Å²) in [7, 11) is 1.68. The number of thioether (sulfide) groups is 1. The molecule has 0 aromatic heterocycles. The van der Waals surface area contributed by atoms with Crippen LogP contribution in [0.2, 0.25) is 0 Å². The SMILES string of the molecule is COCCSCC(NC1CC1)(C(N)=O)c1ccccc1. The molecule has 3 N–H and O–H groups in total. The predicted octanol–water partition coefficient (Wildman–Crippen LogP) is 1.50. The van der Waals surface area contributed by atoms with E-state index in [-0.39, 0.29) is 5.91 Å².